The first kappa shape index (κ1) is 25.8. The number of aliphatic carboxylic acids is 1. The normalized spacial score (nSPS) is 42.5. The highest BCUT2D eigenvalue weighted by Gasteiger charge is 2.65. The molecule has 198 valence electrons. The lowest BCUT2D eigenvalue weighted by Gasteiger charge is -2.62. The topological polar surface area (TPSA) is 83.8 Å². The van der Waals surface area contributed by atoms with Gasteiger partial charge in [-0.3, -0.25) is 4.79 Å². The van der Waals surface area contributed by atoms with Crippen LogP contribution in [0.2, 0.25) is 0 Å². The maximum Gasteiger partial charge on any atom is 0.338 e. The Hall–Kier alpha value is -1.88. The van der Waals surface area contributed by atoms with Gasteiger partial charge in [-0.15, -0.1) is 0 Å². The van der Waals surface area contributed by atoms with Gasteiger partial charge in [-0.2, -0.15) is 0 Å². The van der Waals surface area contributed by atoms with Gasteiger partial charge in [0.1, 0.15) is 6.10 Å². The van der Waals surface area contributed by atoms with Crippen molar-refractivity contribution in [1.82, 2.24) is 0 Å². The Labute approximate surface area is 216 Å². The van der Waals surface area contributed by atoms with Crippen LogP contribution < -0.4 is 0 Å². The Morgan fingerprint density at radius 2 is 1.78 bits per heavy atom. The van der Waals surface area contributed by atoms with Crippen molar-refractivity contribution in [3.8, 4) is 0 Å². The molecule has 5 rings (SSSR count). The minimum Gasteiger partial charge on any atom is -0.481 e. The van der Waals surface area contributed by atoms with Crippen LogP contribution in [0.3, 0.4) is 0 Å². The Balaban J connectivity index is 1.48. The number of carbonyl (C=O) groups excluding carboxylic acids is 1. The van der Waals surface area contributed by atoms with E-state index in [9.17, 15) is 19.8 Å². The van der Waals surface area contributed by atoms with E-state index in [4.69, 9.17) is 4.74 Å². The number of carboxylic acids is 1. The van der Waals surface area contributed by atoms with Crippen LogP contribution in [0.1, 0.15) is 95.3 Å². The fourth-order valence-corrected chi connectivity index (χ4v) is 9.63. The van der Waals surface area contributed by atoms with Gasteiger partial charge in [-0.25, -0.2) is 4.79 Å². The number of hydrogen-bond acceptors (Lipinski definition) is 4. The van der Waals surface area contributed by atoms with E-state index in [0.717, 1.165) is 38.5 Å². The van der Waals surface area contributed by atoms with E-state index >= 15 is 0 Å². The average molecular weight is 497 g/mol. The van der Waals surface area contributed by atoms with Gasteiger partial charge < -0.3 is 14.9 Å². The molecule has 0 heterocycles. The lowest BCUT2D eigenvalue weighted by Crippen LogP contribution is -2.59. The summed E-state index contributed by atoms with van der Waals surface area (Å²) in [6.07, 6.45) is 8.88. The molecule has 4 saturated carbocycles. The molecule has 0 saturated heterocycles. The number of ether oxygens (including phenoxy) is 1. The molecule has 0 bridgehead atoms. The lowest BCUT2D eigenvalue weighted by atomic mass is 9.43. The molecule has 1 aromatic rings. The van der Waals surface area contributed by atoms with Gasteiger partial charge in [0.05, 0.1) is 11.7 Å². The quantitative estimate of drug-likeness (QED) is 0.449. The third-order valence-corrected chi connectivity index (χ3v) is 11.5. The zero-order valence-corrected chi connectivity index (χ0v) is 22.2. The van der Waals surface area contributed by atoms with Crippen molar-refractivity contribution < 1.29 is 24.5 Å². The Bertz CT molecular complexity index is 961. The summed E-state index contributed by atoms with van der Waals surface area (Å²) in [7, 11) is 0. The minimum absolute atomic E-state index is 0.138. The van der Waals surface area contributed by atoms with Crippen LogP contribution >= 0.6 is 0 Å². The summed E-state index contributed by atoms with van der Waals surface area (Å²) in [6.45, 7) is 7.04. The second-order valence-corrected chi connectivity index (χ2v) is 13.0. The first-order chi connectivity index (χ1) is 17.1. The van der Waals surface area contributed by atoms with Crippen molar-refractivity contribution >= 4 is 11.9 Å². The number of carboxylic acid groups (broad SMARTS) is 1. The third-order valence-electron chi connectivity index (χ3n) is 11.5. The van der Waals surface area contributed by atoms with Gasteiger partial charge in [0.2, 0.25) is 0 Å². The van der Waals surface area contributed by atoms with Crippen molar-refractivity contribution in [2.24, 2.45) is 46.3 Å². The number of fused-ring (bicyclic) bond motifs is 5. The number of carbonyl (C=O) groups is 2. The van der Waals surface area contributed by atoms with Crippen LogP contribution in [0.4, 0.5) is 0 Å². The molecule has 10 atom stereocenters. The van der Waals surface area contributed by atoms with Crippen molar-refractivity contribution in [2.75, 3.05) is 0 Å². The van der Waals surface area contributed by atoms with E-state index in [0.29, 0.717) is 41.6 Å². The summed E-state index contributed by atoms with van der Waals surface area (Å²) in [6, 6.07) is 9.33. The summed E-state index contributed by atoms with van der Waals surface area (Å²) in [5.41, 5.74) is 0.649. The van der Waals surface area contributed by atoms with Crippen LogP contribution in [0.15, 0.2) is 30.3 Å². The summed E-state index contributed by atoms with van der Waals surface area (Å²) in [4.78, 5) is 24.7. The van der Waals surface area contributed by atoms with Crippen molar-refractivity contribution in [3.63, 3.8) is 0 Å². The van der Waals surface area contributed by atoms with E-state index < -0.39 is 5.97 Å². The van der Waals surface area contributed by atoms with Crippen molar-refractivity contribution in [1.29, 1.82) is 0 Å². The van der Waals surface area contributed by atoms with E-state index in [1.165, 1.54) is 12.8 Å². The zero-order chi connectivity index (χ0) is 25.7. The summed E-state index contributed by atoms with van der Waals surface area (Å²) in [5.74, 6) is 1.83. The number of aliphatic hydroxyl groups is 1. The summed E-state index contributed by atoms with van der Waals surface area (Å²) in [5, 5.41) is 19.7. The van der Waals surface area contributed by atoms with Gasteiger partial charge in [0.15, 0.2) is 0 Å². The van der Waals surface area contributed by atoms with E-state index in [-0.39, 0.29) is 41.3 Å². The molecular formula is C31H44O5. The Morgan fingerprint density at radius 3 is 2.50 bits per heavy atom. The highest BCUT2D eigenvalue weighted by Crippen LogP contribution is 2.69. The molecule has 0 amide bonds. The molecular weight excluding hydrogens is 452 g/mol. The molecule has 0 spiro atoms. The zero-order valence-electron chi connectivity index (χ0n) is 22.2. The summed E-state index contributed by atoms with van der Waals surface area (Å²) < 4.78 is 6.49. The molecule has 0 unspecified atom stereocenters. The van der Waals surface area contributed by atoms with Gasteiger partial charge >= 0.3 is 11.9 Å². The van der Waals surface area contributed by atoms with Crippen molar-refractivity contribution in [2.45, 2.75) is 97.2 Å². The van der Waals surface area contributed by atoms with E-state index in [2.05, 4.69) is 20.8 Å². The van der Waals surface area contributed by atoms with Crippen LogP contribution in [0.25, 0.3) is 0 Å². The maximum absolute atomic E-state index is 13.4. The molecule has 0 aliphatic heterocycles. The van der Waals surface area contributed by atoms with Gasteiger partial charge in [-0.05, 0) is 111 Å². The fourth-order valence-electron chi connectivity index (χ4n) is 9.63. The predicted octanol–water partition coefficient (Wildman–Crippen LogP) is 6.34. The SMILES string of the molecule is C[C@H](CCC(=O)O)[C@@H]1CC[C@@H]2[C@@H]3CC[C@@H]4C[C@H](O)CC[C@]4(C)[C@H]3C[C@H](OC(=O)c3ccccc3)[C@]21C. The maximum atomic E-state index is 13.4. The van der Waals surface area contributed by atoms with Crippen molar-refractivity contribution in [3.05, 3.63) is 35.9 Å². The van der Waals surface area contributed by atoms with Gasteiger partial charge in [0, 0.05) is 11.8 Å². The third kappa shape index (κ3) is 4.29. The first-order valence-electron chi connectivity index (χ1n) is 14.3. The smallest absolute Gasteiger partial charge is 0.338 e. The summed E-state index contributed by atoms with van der Waals surface area (Å²) >= 11 is 0. The molecule has 36 heavy (non-hydrogen) atoms. The average Bonchev–Trinajstić information content (AvgIpc) is 3.22. The Kier molecular flexibility index (Phi) is 6.99. The molecule has 4 fully saturated rings. The standard InChI is InChI=1S/C31H44O5/c1-19(9-14-28(33)34)24-12-13-25-23-11-10-21-17-22(32)15-16-30(21,2)26(23)18-27(31(24,25)3)36-29(35)20-7-5-4-6-8-20/h4-8,19,21-27,32H,9-18H2,1-3H3,(H,33,34)/t19-,21-,22-,23+,24+,25-,26+,27+,30+,31+/m1/s1. The highest BCUT2D eigenvalue weighted by atomic mass is 16.5. The van der Waals surface area contributed by atoms with Gasteiger partial charge in [-0.1, -0.05) is 39.0 Å². The second-order valence-electron chi connectivity index (χ2n) is 13.0. The molecule has 2 N–H and O–H groups in total. The highest BCUT2D eigenvalue weighted by molar-refractivity contribution is 5.89. The number of rotatable bonds is 6. The Morgan fingerprint density at radius 1 is 1.03 bits per heavy atom. The van der Waals surface area contributed by atoms with Crippen LogP contribution in [0.5, 0.6) is 0 Å². The molecule has 0 aromatic heterocycles. The molecule has 0 radical (unpaired) electrons. The first-order valence-corrected chi connectivity index (χ1v) is 14.3. The largest absolute Gasteiger partial charge is 0.481 e. The molecule has 5 nitrogen and oxygen atoms in total. The van der Waals surface area contributed by atoms with Crippen LogP contribution in [-0.4, -0.2) is 34.4 Å². The lowest BCUT2D eigenvalue weighted by molar-refractivity contribution is -0.176. The van der Waals surface area contributed by atoms with E-state index in [1.54, 1.807) is 0 Å². The predicted molar refractivity (Wildman–Crippen MR) is 138 cm³/mol. The molecule has 1 aromatic carbocycles. The number of aliphatic hydroxyl groups excluding tert-OH is 1. The molecule has 4 aliphatic rings. The van der Waals surface area contributed by atoms with E-state index in [1.807, 2.05) is 30.3 Å². The monoisotopic (exact) mass is 496 g/mol. The fraction of sp³-hybridized carbons (Fsp3) is 0.742. The molecule has 4 aliphatic carbocycles. The number of benzene rings is 1. The second kappa shape index (κ2) is 9.78. The van der Waals surface area contributed by atoms with Crippen LogP contribution in [-0.2, 0) is 9.53 Å². The minimum atomic E-state index is -0.733. The van der Waals surface area contributed by atoms with Gasteiger partial charge in [0.25, 0.3) is 0 Å². The number of esters is 1. The number of hydrogen-bond donors (Lipinski definition) is 2. The molecule has 5 heteroatoms. The van der Waals surface area contributed by atoms with Crippen LogP contribution in [0, 0.1) is 46.3 Å².